The molecule has 1 fully saturated rings. The average Bonchev–Trinajstić information content (AvgIpc) is 2.73. The topological polar surface area (TPSA) is 46.5 Å². The van der Waals surface area contributed by atoms with Crippen molar-refractivity contribution in [2.45, 2.75) is 31.3 Å². The standard InChI is InChI=1S/C14H18O3/c1-17-13(15)10-12-8-5-9-14(12,16)11-6-3-2-4-7-11/h2-4,6-7,12,16H,5,8-10H2,1H3/t12-,14-/m0/s1. The van der Waals surface area contributed by atoms with Crippen molar-refractivity contribution in [1.82, 2.24) is 0 Å². The van der Waals surface area contributed by atoms with Crippen molar-refractivity contribution in [3.05, 3.63) is 35.9 Å². The summed E-state index contributed by atoms with van der Waals surface area (Å²) < 4.78 is 4.69. The van der Waals surface area contributed by atoms with E-state index < -0.39 is 5.60 Å². The van der Waals surface area contributed by atoms with E-state index >= 15 is 0 Å². The van der Waals surface area contributed by atoms with Crippen molar-refractivity contribution in [3.8, 4) is 0 Å². The first-order valence-corrected chi connectivity index (χ1v) is 6.01. The van der Waals surface area contributed by atoms with Crippen molar-refractivity contribution in [2.75, 3.05) is 7.11 Å². The maximum absolute atomic E-state index is 11.4. The number of carbonyl (C=O) groups is 1. The van der Waals surface area contributed by atoms with Crippen molar-refractivity contribution >= 4 is 5.97 Å². The monoisotopic (exact) mass is 234 g/mol. The maximum Gasteiger partial charge on any atom is 0.305 e. The van der Waals surface area contributed by atoms with E-state index in [0.29, 0.717) is 6.42 Å². The van der Waals surface area contributed by atoms with E-state index in [9.17, 15) is 9.90 Å². The first-order valence-electron chi connectivity index (χ1n) is 6.01. The summed E-state index contributed by atoms with van der Waals surface area (Å²) in [7, 11) is 1.39. The van der Waals surface area contributed by atoms with Crippen molar-refractivity contribution in [1.29, 1.82) is 0 Å². The first-order chi connectivity index (χ1) is 8.16. The molecule has 17 heavy (non-hydrogen) atoms. The average molecular weight is 234 g/mol. The van der Waals surface area contributed by atoms with Crippen molar-refractivity contribution in [2.24, 2.45) is 5.92 Å². The molecule has 0 bridgehead atoms. The van der Waals surface area contributed by atoms with Gasteiger partial charge < -0.3 is 9.84 Å². The van der Waals surface area contributed by atoms with Crippen molar-refractivity contribution < 1.29 is 14.6 Å². The minimum Gasteiger partial charge on any atom is -0.469 e. The van der Waals surface area contributed by atoms with Gasteiger partial charge in [-0.25, -0.2) is 0 Å². The summed E-state index contributed by atoms with van der Waals surface area (Å²) in [6.07, 6.45) is 2.84. The lowest BCUT2D eigenvalue weighted by atomic mass is 9.82. The van der Waals surface area contributed by atoms with Gasteiger partial charge in [0.1, 0.15) is 0 Å². The van der Waals surface area contributed by atoms with E-state index in [1.807, 2.05) is 30.3 Å². The number of esters is 1. The highest BCUT2D eigenvalue weighted by atomic mass is 16.5. The van der Waals surface area contributed by atoms with Gasteiger partial charge in [0.2, 0.25) is 0 Å². The molecule has 1 N–H and O–H groups in total. The Morgan fingerprint density at radius 1 is 1.47 bits per heavy atom. The summed E-state index contributed by atoms with van der Waals surface area (Å²) in [5.74, 6) is -0.274. The molecule has 0 aliphatic heterocycles. The van der Waals surface area contributed by atoms with E-state index in [-0.39, 0.29) is 11.9 Å². The van der Waals surface area contributed by atoms with E-state index in [4.69, 9.17) is 4.74 Å². The Hall–Kier alpha value is -1.35. The van der Waals surface area contributed by atoms with Crippen LogP contribution in [-0.2, 0) is 15.1 Å². The Labute approximate surface area is 101 Å². The van der Waals surface area contributed by atoms with Crippen LogP contribution in [0.25, 0.3) is 0 Å². The second kappa shape index (κ2) is 4.88. The maximum atomic E-state index is 11.4. The van der Waals surface area contributed by atoms with Gasteiger partial charge in [0.05, 0.1) is 19.1 Å². The summed E-state index contributed by atoms with van der Waals surface area (Å²) in [5.41, 5.74) is 0.0431. The van der Waals surface area contributed by atoms with Crippen LogP contribution >= 0.6 is 0 Å². The van der Waals surface area contributed by atoms with Gasteiger partial charge in [-0.2, -0.15) is 0 Å². The number of benzene rings is 1. The minimum atomic E-state index is -0.866. The first kappa shape index (κ1) is 12.1. The molecule has 2 rings (SSSR count). The molecule has 1 aromatic rings. The highest BCUT2D eigenvalue weighted by Crippen LogP contribution is 2.45. The molecule has 3 heteroatoms. The summed E-state index contributed by atoms with van der Waals surface area (Å²) in [6.45, 7) is 0. The molecular formula is C14H18O3. The van der Waals surface area contributed by atoms with E-state index in [1.54, 1.807) is 0 Å². The molecule has 1 aliphatic carbocycles. The van der Waals surface area contributed by atoms with Crippen LogP contribution in [0.4, 0.5) is 0 Å². The predicted octanol–water partition coefficient (Wildman–Crippen LogP) is 2.24. The quantitative estimate of drug-likeness (QED) is 0.816. The van der Waals surface area contributed by atoms with Crippen LogP contribution in [0.15, 0.2) is 30.3 Å². The van der Waals surface area contributed by atoms with Crippen LogP contribution in [-0.4, -0.2) is 18.2 Å². The van der Waals surface area contributed by atoms with Crippen LogP contribution in [0, 0.1) is 5.92 Å². The zero-order chi connectivity index (χ0) is 12.3. The van der Waals surface area contributed by atoms with Crippen LogP contribution in [0.2, 0.25) is 0 Å². The van der Waals surface area contributed by atoms with Crippen LogP contribution in [0.3, 0.4) is 0 Å². The van der Waals surface area contributed by atoms with Gasteiger partial charge in [-0.3, -0.25) is 4.79 Å². The molecule has 0 amide bonds. The Morgan fingerprint density at radius 3 is 2.82 bits per heavy atom. The lowest BCUT2D eigenvalue weighted by molar-refractivity contribution is -0.144. The van der Waals surface area contributed by atoms with Crippen LogP contribution in [0.5, 0.6) is 0 Å². The molecule has 3 nitrogen and oxygen atoms in total. The van der Waals surface area contributed by atoms with Gasteiger partial charge in [-0.1, -0.05) is 30.3 Å². The van der Waals surface area contributed by atoms with Gasteiger partial charge in [0.25, 0.3) is 0 Å². The lowest BCUT2D eigenvalue weighted by Gasteiger charge is -2.30. The fraction of sp³-hybridized carbons (Fsp3) is 0.500. The Kier molecular flexibility index (Phi) is 3.48. The fourth-order valence-electron chi connectivity index (χ4n) is 2.72. The smallest absolute Gasteiger partial charge is 0.305 e. The molecule has 2 atom stereocenters. The third kappa shape index (κ3) is 2.34. The third-order valence-corrected chi connectivity index (χ3v) is 3.70. The molecule has 1 aromatic carbocycles. The summed E-state index contributed by atoms with van der Waals surface area (Å²) in [5, 5.41) is 10.8. The zero-order valence-corrected chi connectivity index (χ0v) is 10.1. The van der Waals surface area contributed by atoms with Gasteiger partial charge in [0.15, 0.2) is 0 Å². The third-order valence-electron chi connectivity index (χ3n) is 3.70. The molecule has 1 aliphatic rings. The summed E-state index contributed by atoms with van der Waals surface area (Å²) in [6, 6.07) is 9.62. The second-order valence-corrected chi connectivity index (χ2v) is 4.66. The van der Waals surface area contributed by atoms with E-state index in [0.717, 1.165) is 24.8 Å². The minimum absolute atomic E-state index is 0.0302. The Balaban J connectivity index is 2.20. The van der Waals surface area contributed by atoms with Gasteiger partial charge in [0, 0.05) is 5.92 Å². The summed E-state index contributed by atoms with van der Waals surface area (Å²) in [4.78, 5) is 11.4. The predicted molar refractivity (Wildman–Crippen MR) is 64.3 cm³/mol. The Bertz CT molecular complexity index is 388. The fourth-order valence-corrected chi connectivity index (χ4v) is 2.72. The normalized spacial score (nSPS) is 28.0. The molecule has 0 radical (unpaired) electrons. The number of hydrogen-bond acceptors (Lipinski definition) is 3. The number of hydrogen-bond donors (Lipinski definition) is 1. The molecule has 92 valence electrons. The molecular weight excluding hydrogens is 216 g/mol. The molecule has 0 aromatic heterocycles. The lowest BCUT2D eigenvalue weighted by Crippen LogP contribution is -2.31. The Morgan fingerprint density at radius 2 is 2.18 bits per heavy atom. The second-order valence-electron chi connectivity index (χ2n) is 4.66. The molecule has 0 saturated heterocycles. The van der Waals surface area contributed by atoms with E-state index in [1.165, 1.54) is 7.11 Å². The van der Waals surface area contributed by atoms with Gasteiger partial charge in [-0.15, -0.1) is 0 Å². The highest BCUT2D eigenvalue weighted by molar-refractivity contribution is 5.69. The molecule has 0 unspecified atom stereocenters. The number of carbonyl (C=O) groups excluding carboxylic acids is 1. The summed E-state index contributed by atoms with van der Waals surface area (Å²) >= 11 is 0. The number of aliphatic hydroxyl groups is 1. The van der Waals surface area contributed by atoms with Crippen LogP contribution < -0.4 is 0 Å². The zero-order valence-electron chi connectivity index (χ0n) is 10.1. The largest absolute Gasteiger partial charge is 0.469 e. The number of methoxy groups -OCH3 is 1. The molecule has 0 spiro atoms. The van der Waals surface area contributed by atoms with Gasteiger partial charge in [-0.05, 0) is 24.8 Å². The number of ether oxygens (including phenoxy) is 1. The highest BCUT2D eigenvalue weighted by Gasteiger charge is 2.43. The van der Waals surface area contributed by atoms with Crippen molar-refractivity contribution in [3.63, 3.8) is 0 Å². The van der Waals surface area contributed by atoms with Gasteiger partial charge >= 0.3 is 5.97 Å². The number of rotatable bonds is 3. The molecule has 1 saturated carbocycles. The molecule has 0 heterocycles. The van der Waals surface area contributed by atoms with Crippen LogP contribution in [0.1, 0.15) is 31.2 Å². The van der Waals surface area contributed by atoms with E-state index in [2.05, 4.69) is 0 Å². The SMILES string of the molecule is COC(=O)C[C@@H]1CCC[C@]1(O)c1ccccc1.